The average Bonchev–Trinajstić information content (AvgIpc) is 2.20. The summed E-state index contributed by atoms with van der Waals surface area (Å²) in [5.74, 6) is -2.21. The Morgan fingerprint density at radius 1 is 1.62 bits per heavy atom. The van der Waals surface area contributed by atoms with Gasteiger partial charge in [-0.1, -0.05) is 0 Å². The van der Waals surface area contributed by atoms with Crippen LogP contribution in [0.5, 0.6) is 0 Å². The van der Waals surface area contributed by atoms with Gasteiger partial charge in [-0.05, 0) is 13.0 Å². The quantitative estimate of drug-likeness (QED) is 0.366. The highest BCUT2D eigenvalue weighted by Gasteiger charge is 2.23. The number of nitrogens with two attached hydrogens (primary N) is 1. The van der Waals surface area contributed by atoms with Crippen LogP contribution >= 0.6 is 0 Å². The Kier molecular flexibility index (Phi) is 3.39. The van der Waals surface area contributed by atoms with Gasteiger partial charge in [0, 0.05) is 11.8 Å². The summed E-state index contributed by atoms with van der Waals surface area (Å²) in [6.45, 7) is 1.58. The van der Waals surface area contributed by atoms with E-state index in [9.17, 15) is 19.3 Å². The van der Waals surface area contributed by atoms with Crippen LogP contribution in [0.1, 0.15) is 17.3 Å². The average molecular weight is 228 g/mol. The second-order valence-corrected chi connectivity index (χ2v) is 2.88. The van der Waals surface area contributed by atoms with Gasteiger partial charge in [-0.3, -0.25) is 10.1 Å². The minimum absolute atomic E-state index is 0.0425. The number of carbonyl (C=O) groups is 1. The maximum atomic E-state index is 13.5. The number of nitro groups is 1. The number of esters is 1. The molecule has 0 aliphatic heterocycles. The van der Waals surface area contributed by atoms with Crippen molar-refractivity contribution in [1.82, 2.24) is 0 Å². The van der Waals surface area contributed by atoms with Crippen LogP contribution in [0.3, 0.4) is 0 Å². The second kappa shape index (κ2) is 4.56. The molecule has 2 N–H and O–H groups in total. The number of hydrogen-bond donors (Lipinski definition) is 1. The van der Waals surface area contributed by atoms with Gasteiger partial charge in [0.2, 0.25) is 5.82 Å². The third kappa shape index (κ3) is 2.25. The predicted molar refractivity (Wildman–Crippen MR) is 53.4 cm³/mol. The van der Waals surface area contributed by atoms with Crippen LogP contribution < -0.4 is 5.73 Å². The predicted octanol–water partition coefficient (Wildman–Crippen LogP) is 1.49. The second-order valence-electron chi connectivity index (χ2n) is 2.88. The van der Waals surface area contributed by atoms with Crippen molar-refractivity contribution in [2.45, 2.75) is 6.92 Å². The van der Waals surface area contributed by atoms with Gasteiger partial charge >= 0.3 is 11.7 Å². The van der Waals surface area contributed by atoms with Gasteiger partial charge in [0.05, 0.1) is 11.5 Å². The van der Waals surface area contributed by atoms with E-state index in [4.69, 9.17) is 5.73 Å². The lowest BCUT2D eigenvalue weighted by Crippen LogP contribution is -2.09. The molecule has 0 heterocycles. The van der Waals surface area contributed by atoms with E-state index in [1.807, 2.05) is 0 Å². The third-order valence-corrected chi connectivity index (χ3v) is 1.77. The fourth-order valence-electron chi connectivity index (χ4n) is 1.12. The molecule has 1 rings (SSSR count). The highest BCUT2D eigenvalue weighted by atomic mass is 19.1. The van der Waals surface area contributed by atoms with Crippen molar-refractivity contribution >= 4 is 17.3 Å². The molecule has 0 aliphatic rings. The molecular weight excluding hydrogens is 219 g/mol. The van der Waals surface area contributed by atoms with Crippen LogP contribution in [0.2, 0.25) is 0 Å². The fourth-order valence-corrected chi connectivity index (χ4v) is 1.12. The van der Waals surface area contributed by atoms with E-state index in [-0.39, 0.29) is 12.3 Å². The summed E-state index contributed by atoms with van der Waals surface area (Å²) in [5.41, 5.74) is 3.87. The Morgan fingerprint density at radius 2 is 2.25 bits per heavy atom. The summed E-state index contributed by atoms with van der Waals surface area (Å²) in [5, 5.41) is 10.5. The minimum Gasteiger partial charge on any atom is -0.462 e. The van der Waals surface area contributed by atoms with Crippen molar-refractivity contribution in [3.8, 4) is 0 Å². The molecule has 1 aromatic carbocycles. The number of rotatable bonds is 3. The van der Waals surface area contributed by atoms with Gasteiger partial charge in [-0.25, -0.2) is 4.79 Å². The number of anilines is 1. The first-order chi connectivity index (χ1) is 7.47. The largest absolute Gasteiger partial charge is 0.462 e. The molecule has 16 heavy (non-hydrogen) atoms. The van der Waals surface area contributed by atoms with Crippen LogP contribution in [0, 0.1) is 15.9 Å². The highest BCUT2D eigenvalue weighted by Crippen LogP contribution is 2.24. The van der Waals surface area contributed by atoms with E-state index in [2.05, 4.69) is 4.74 Å². The SMILES string of the molecule is CCOC(=O)c1cc(N)cc([N+](=O)[O-])c1F. The molecule has 0 bridgehead atoms. The normalized spacial score (nSPS) is 9.88. The number of hydrogen-bond acceptors (Lipinski definition) is 5. The summed E-state index contributed by atoms with van der Waals surface area (Å²) in [6, 6.07) is 1.85. The lowest BCUT2D eigenvalue weighted by Gasteiger charge is -2.04. The van der Waals surface area contributed by atoms with Gasteiger partial charge in [0.25, 0.3) is 0 Å². The van der Waals surface area contributed by atoms with Gasteiger partial charge in [0.1, 0.15) is 5.56 Å². The number of benzene rings is 1. The van der Waals surface area contributed by atoms with Crippen molar-refractivity contribution in [3.05, 3.63) is 33.6 Å². The number of halogens is 1. The van der Waals surface area contributed by atoms with Crippen molar-refractivity contribution in [2.75, 3.05) is 12.3 Å². The van der Waals surface area contributed by atoms with E-state index in [1.54, 1.807) is 0 Å². The topological polar surface area (TPSA) is 95.5 Å². The maximum absolute atomic E-state index is 13.5. The zero-order valence-corrected chi connectivity index (χ0v) is 8.40. The molecule has 0 aliphatic carbocycles. The van der Waals surface area contributed by atoms with E-state index < -0.39 is 28.0 Å². The van der Waals surface area contributed by atoms with E-state index >= 15 is 0 Å². The van der Waals surface area contributed by atoms with Crippen LogP contribution in [-0.2, 0) is 4.74 Å². The van der Waals surface area contributed by atoms with Crippen LogP contribution in [0.15, 0.2) is 12.1 Å². The Hall–Kier alpha value is -2.18. The van der Waals surface area contributed by atoms with Crippen LogP contribution in [0.4, 0.5) is 15.8 Å². The Morgan fingerprint density at radius 3 is 2.75 bits per heavy atom. The Balaban J connectivity index is 3.29. The molecule has 0 unspecified atom stereocenters. The Bertz CT molecular complexity index is 447. The molecule has 0 atom stereocenters. The van der Waals surface area contributed by atoms with Gasteiger partial charge in [-0.2, -0.15) is 4.39 Å². The summed E-state index contributed by atoms with van der Waals surface area (Å²) in [4.78, 5) is 20.8. The molecule has 0 saturated carbocycles. The minimum atomic E-state index is -1.24. The zero-order valence-electron chi connectivity index (χ0n) is 8.40. The fraction of sp³-hybridized carbons (Fsp3) is 0.222. The van der Waals surface area contributed by atoms with E-state index in [0.717, 1.165) is 12.1 Å². The van der Waals surface area contributed by atoms with Crippen molar-refractivity contribution in [1.29, 1.82) is 0 Å². The first-order valence-electron chi connectivity index (χ1n) is 4.38. The van der Waals surface area contributed by atoms with Crippen LogP contribution in [-0.4, -0.2) is 17.5 Å². The van der Waals surface area contributed by atoms with Gasteiger partial charge < -0.3 is 10.5 Å². The molecule has 1 aromatic rings. The molecule has 6 nitrogen and oxygen atoms in total. The highest BCUT2D eigenvalue weighted by molar-refractivity contribution is 5.91. The Labute approximate surface area is 90.0 Å². The standard InChI is InChI=1S/C9H9FN2O4/c1-2-16-9(13)6-3-5(11)4-7(8(6)10)12(14)15/h3-4H,2,11H2,1H3. The first kappa shape index (κ1) is 11.9. The van der Waals surface area contributed by atoms with Crippen molar-refractivity contribution in [2.24, 2.45) is 0 Å². The number of carbonyl (C=O) groups excluding carboxylic acids is 1. The first-order valence-corrected chi connectivity index (χ1v) is 4.38. The summed E-state index contributed by atoms with van der Waals surface area (Å²) in [6.07, 6.45) is 0. The molecule has 0 radical (unpaired) electrons. The smallest absolute Gasteiger partial charge is 0.341 e. The van der Waals surface area contributed by atoms with Crippen molar-refractivity contribution < 1.29 is 18.8 Å². The number of ether oxygens (including phenoxy) is 1. The molecule has 0 saturated heterocycles. The number of nitrogen functional groups attached to an aromatic ring is 1. The molecule has 86 valence electrons. The number of nitro benzene ring substituents is 1. The van der Waals surface area contributed by atoms with E-state index in [1.165, 1.54) is 6.92 Å². The van der Waals surface area contributed by atoms with E-state index in [0.29, 0.717) is 0 Å². The monoisotopic (exact) mass is 228 g/mol. The van der Waals surface area contributed by atoms with Crippen molar-refractivity contribution in [3.63, 3.8) is 0 Å². The zero-order chi connectivity index (χ0) is 12.3. The van der Waals surface area contributed by atoms with Crippen LogP contribution in [0.25, 0.3) is 0 Å². The third-order valence-electron chi connectivity index (χ3n) is 1.77. The molecule has 0 spiro atoms. The molecule has 7 heteroatoms. The summed E-state index contributed by atoms with van der Waals surface area (Å²) < 4.78 is 18.0. The lowest BCUT2D eigenvalue weighted by molar-refractivity contribution is -0.387. The van der Waals surface area contributed by atoms with Gasteiger partial charge in [0.15, 0.2) is 0 Å². The maximum Gasteiger partial charge on any atom is 0.341 e. The number of nitrogens with zero attached hydrogens (tertiary/aromatic N) is 1. The van der Waals surface area contributed by atoms with Gasteiger partial charge in [-0.15, -0.1) is 0 Å². The molecule has 0 aromatic heterocycles. The molecular formula is C9H9FN2O4. The summed E-state index contributed by atoms with van der Waals surface area (Å²) in [7, 11) is 0. The molecule has 0 amide bonds. The lowest BCUT2D eigenvalue weighted by atomic mass is 10.1. The molecule has 0 fully saturated rings. The summed E-state index contributed by atoms with van der Waals surface area (Å²) >= 11 is 0.